The molecule has 1 N–H and O–H groups in total. The fraction of sp³-hybridized carbons (Fsp3) is 0.200. The van der Waals surface area contributed by atoms with Crippen molar-refractivity contribution < 1.29 is 0 Å². The van der Waals surface area contributed by atoms with Gasteiger partial charge in [0.15, 0.2) is 4.77 Å². The van der Waals surface area contributed by atoms with E-state index in [0.29, 0.717) is 0 Å². The Balaban J connectivity index is 2.23. The Morgan fingerprint density at radius 1 is 1.50 bits per heavy atom. The van der Waals surface area contributed by atoms with Gasteiger partial charge >= 0.3 is 0 Å². The molecule has 0 saturated carbocycles. The molecule has 72 valence electrons. The van der Waals surface area contributed by atoms with Gasteiger partial charge in [-0.25, -0.2) is 0 Å². The van der Waals surface area contributed by atoms with Crippen LogP contribution >= 0.6 is 12.2 Å². The quantitative estimate of drug-likeness (QED) is 0.763. The Bertz CT molecular complexity index is 467. The summed E-state index contributed by atoms with van der Waals surface area (Å²) in [5, 5.41) is 0. The fourth-order valence-electron chi connectivity index (χ4n) is 1.26. The van der Waals surface area contributed by atoms with Crippen molar-refractivity contribution in [3.63, 3.8) is 0 Å². The average molecular weight is 205 g/mol. The maximum atomic E-state index is 5.10. The van der Waals surface area contributed by atoms with Crippen LogP contribution in [0.15, 0.2) is 30.7 Å². The number of hydrogen-bond acceptors (Lipinski definition) is 2. The zero-order valence-corrected chi connectivity index (χ0v) is 8.71. The van der Waals surface area contributed by atoms with E-state index in [1.54, 1.807) is 0 Å². The third-order valence-electron chi connectivity index (χ3n) is 2.05. The van der Waals surface area contributed by atoms with Crippen molar-refractivity contribution in [3.05, 3.63) is 46.8 Å². The molecular weight excluding hydrogens is 194 g/mol. The van der Waals surface area contributed by atoms with Gasteiger partial charge in [-0.1, -0.05) is 6.07 Å². The topological polar surface area (TPSA) is 33.6 Å². The Morgan fingerprint density at radius 2 is 2.36 bits per heavy atom. The lowest BCUT2D eigenvalue weighted by molar-refractivity contribution is 0.779. The summed E-state index contributed by atoms with van der Waals surface area (Å²) >= 11 is 5.10. The fourth-order valence-corrected chi connectivity index (χ4v) is 1.46. The number of rotatable bonds is 2. The summed E-state index contributed by atoms with van der Waals surface area (Å²) in [5.41, 5.74) is 2.19. The first-order chi connectivity index (χ1) is 6.75. The molecule has 2 heterocycles. The molecule has 0 saturated heterocycles. The van der Waals surface area contributed by atoms with Crippen molar-refractivity contribution in [1.82, 2.24) is 14.5 Å². The van der Waals surface area contributed by atoms with E-state index >= 15 is 0 Å². The molecule has 2 aromatic rings. The second-order valence-electron chi connectivity index (χ2n) is 3.20. The number of aryl methyl sites for hydroxylation is 1. The van der Waals surface area contributed by atoms with Crippen LogP contribution in [0.1, 0.15) is 11.3 Å². The van der Waals surface area contributed by atoms with E-state index in [1.165, 1.54) is 0 Å². The van der Waals surface area contributed by atoms with Gasteiger partial charge in [0.1, 0.15) is 0 Å². The minimum atomic E-state index is 0.741. The third-order valence-corrected chi connectivity index (χ3v) is 2.40. The van der Waals surface area contributed by atoms with Crippen molar-refractivity contribution in [2.45, 2.75) is 13.5 Å². The maximum Gasteiger partial charge on any atom is 0.177 e. The zero-order chi connectivity index (χ0) is 9.97. The number of imidazole rings is 1. The molecule has 3 nitrogen and oxygen atoms in total. The summed E-state index contributed by atoms with van der Waals surface area (Å²) in [6.45, 7) is 2.75. The molecule has 0 aliphatic carbocycles. The molecule has 4 heteroatoms. The van der Waals surface area contributed by atoms with Crippen molar-refractivity contribution in [2.24, 2.45) is 0 Å². The number of aromatic amines is 1. The van der Waals surface area contributed by atoms with Gasteiger partial charge < -0.3 is 9.55 Å². The van der Waals surface area contributed by atoms with Gasteiger partial charge in [0.25, 0.3) is 0 Å². The highest BCUT2D eigenvalue weighted by Gasteiger charge is 1.96. The molecule has 2 aromatic heterocycles. The van der Waals surface area contributed by atoms with Crippen LogP contribution in [0.3, 0.4) is 0 Å². The van der Waals surface area contributed by atoms with Gasteiger partial charge in [-0.3, -0.25) is 4.98 Å². The van der Waals surface area contributed by atoms with Crippen molar-refractivity contribution in [3.8, 4) is 0 Å². The highest BCUT2D eigenvalue weighted by molar-refractivity contribution is 7.71. The SMILES string of the molecule is Cc1ccc(Cn2cc[nH]c2=S)cn1. The molecule has 0 fully saturated rings. The largest absolute Gasteiger partial charge is 0.337 e. The molecule has 14 heavy (non-hydrogen) atoms. The van der Waals surface area contributed by atoms with Gasteiger partial charge in [0, 0.05) is 24.3 Å². The molecule has 0 unspecified atom stereocenters. The minimum absolute atomic E-state index is 0.741. The third kappa shape index (κ3) is 1.90. The van der Waals surface area contributed by atoms with Crippen LogP contribution in [0.4, 0.5) is 0 Å². The molecular formula is C10H11N3S. The number of hydrogen-bond donors (Lipinski definition) is 1. The van der Waals surface area contributed by atoms with Crippen LogP contribution in [-0.4, -0.2) is 14.5 Å². The predicted octanol–water partition coefficient (Wildman–Crippen LogP) is 2.30. The highest BCUT2D eigenvalue weighted by atomic mass is 32.1. The first-order valence-corrected chi connectivity index (χ1v) is 4.82. The Morgan fingerprint density at radius 3 is 2.93 bits per heavy atom. The molecule has 0 aliphatic heterocycles. The molecule has 0 radical (unpaired) electrons. The van der Waals surface area contributed by atoms with Crippen LogP contribution in [0.25, 0.3) is 0 Å². The molecule has 0 bridgehead atoms. The maximum absolute atomic E-state index is 5.10. The van der Waals surface area contributed by atoms with E-state index in [1.807, 2.05) is 36.1 Å². The first-order valence-electron chi connectivity index (χ1n) is 4.41. The first kappa shape index (κ1) is 9.15. The van der Waals surface area contributed by atoms with E-state index in [0.717, 1.165) is 22.6 Å². The zero-order valence-electron chi connectivity index (χ0n) is 7.90. The van der Waals surface area contributed by atoms with E-state index < -0.39 is 0 Å². The van der Waals surface area contributed by atoms with Crippen LogP contribution < -0.4 is 0 Å². The Hall–Kier alpha value is -1.42. The Kier molecular flexibility index (Phi) is 2.45. The lowest BCUT2D eigenvalue weighted by Gasteiger charge is -2.02. The van der Waals surface area contributed by atoms with Crippen LogP contribution in [0.5, 0.6) is 0 Å². The monoisotopic (exact) mass is 205 g/mol. The normalized spacial score (nSPS) is 10.4. The Labute approximate surface area is 87.4 Å². The molecule has 0 amide bonds. The van der Waals surface area contributed by atoms with Gasteiger partial charge in [0.05, 0.1) is 6.54 Å². The lowest BCUT2D eigenvalue weighted by Crippen LogP contribution is -1.98. The van der Waals surface area contributed by atoms with E-state index in [9.17, 15) is 0 Å². The number of nitrogens with zero attached hydrogens (tertiary/aromatic N) is 2. The van der Waals surface area contributed by atoms with Gasteiger partial charge in [0.2, 0.25) is 0 Å². The van der Waals surface area contributed by atoms with Crippen molar-refractivity contribution >= 4 is 12.2 Å². The predicted molar refractivity (Wildman–Crippen MR) is 57.7 cm³/mol. The number of aromatic nitrogens is 3. The molecule has 0 aromatic carbocycles. The van der Waals surface area contributed by atoms with Crippen molar-refractivity contribution in [2.75, 3.05) is 0 Å². The summed E-state index contributed by atoms with van der Waals surface area (Å²) in [7, 11) is 0. The van der Waals surface area contributed by atoms with Crippen molar-refractivity contribution in [1.29, 1.82) is 0 Å². The second-order valence-corrected chi connectivity index (χ2v) is 3.59. The molecule has 0 spiro atoms. The summed E-state index contributed by atoms with van der Waals surface area (Å²) < 4.78 is 2.72. The second kappa shape index (κ2) is 3.75. The number of nitrogens with one attached hydrogen (secondary N) is 1. The van der Waals surface area contributed by atoms with Crippen LogP contribution in [0, 0.1) is 11.7 Å². The summed E-state index contributed by atoms with van der Waals surface area (Å²) in [6, 6.07) is 4.07. The minimum Gasteiger partial charge on any atom is -0.337 e. The molecule has 0 aliphatic rings. The molecule has 0 atom stereocenters. The van der Waals surface area contributed by atoms with E-state index in [4.69, 9.17) is 12.2 Å². The van der Waals surface area contributed by atoms with E-state index in [2.05, 4.69) is 16.0 Å². The standard InChI is InChI=1S/C10H11N3S/c1-8-2-3-9(6-12-8)7-13-5-4-11-10(13)14/h2-6H,7H2,1H3,(H,11,14). The summed E-state index contributed by atoms with van der Waals surface area (Å²) in [5.74, 6) is 0. The smallest absolute Gasteiger partial charge is 0.177 e. The van der Waals surface area contributed by atoms with Gasteiger partial charge in [-0.15, -0.1) is 0 Å². The molecule has 2 rings (SSSR count). The number of pyridine rings is 1. The average Bonchev–Trinajstić information content (AvgIpc) is 2.56. The van der Waals surface area contributed by atoms with Crippen LogP contribution in [-0.2, 0) is 6.54 Å². The summed E-state index contributed by atoms with van der Waals surface area (Å²) in [6.07, 6.45) is 5.65. The van der Waals surface area contributed by atoms with Gasteiger partial charge in [-0.05, 0) is 30.8 Å². The van der Waals surface area contributed by atoms with Crippen LogP contribution in [0.2, 0.25) is 0 Å². The van der Waals surface area contributed by atoms with E-state index in [-0.39, 0.29) is 0 Å². The lowest BCUT2D eigenvalue weighted by atomic mass is 10.2. The number of H-pyrrole nitrogens is 1. The summed E-state index contributed by atoms with van der Waals surface area (Å²) in [4.78, 5) is 7.19. The van der Waals surface area contributed by atoms with Gasteiger partial charge in [-0.2, -0.15) is 0 Å². The highest BCUT2D eigenvalue weighted by Crippen LogP contribution is 2.02.